The summed E-state index contributed by atoms with van der Waals surface area (Å²) in [5.74, 6) is 0.724. The molecule has 0 aliphatic carbocycles. The van der Waals surface area contributed by atoms with Crippen molar-refractivity contribution >= 4 is 15.9 Å². The topological polar surface area (TPSA) is 9.23 Å². The second kappa shape index (κ2) is 1.70. The molecule has 0 saturated heterocycles. The Bertz CT molecular complexity index is 117. The van der Waals surface area contributed by atoms with Crippen LogP contribution in [0, 0.1) is 0 Å². The van der Waals surface area contributed by atoms with E-state index in [1.807, 2.05) is 12.2 Å². The van der Waals surface area contributed by atoms with Crippen LogP contribution in [0.1, 0.15) is 0 Å². The van der Waals surface area contributed by atoms with Crippen LogP contribution in [0.25, 0.3) is 0 Å². The van der Waals surface area contributed by atoms with Crippen LogP contribution in [-0.2, 0) is 4.74 Å². The van der Waals surface area contributed by atoms with Gasteiger partial charge in [-0.05, 0) is 28.1 Å². The summed E-state index contributed by atoms with van der Waals surface area (Å²) in [6.07, 6.45) is 3.72. The summed E-state index contributed by atoms with van der Waals surface area (Å²) in [6.45, 7) is 3.57. The van der Waals surface area contributed by atoms with Crippen LogP contribution >= 0.6 is 15.9 Å². The maximum atomic E-state index is 4.97. The molecule has 0 N–H and O–H groups in total. The zero-order valence-electron chi connectivity index (χ0n) is 3.73. The van der Waals surface area contributed by atoms with E-state index in [1.165, 1.54) is 0 Å². The molecule has 0 spiro atoms. The first-order valence-electron chi connectivity index (χ1n) is 1.97. The molecule has 0 amide bonds. The smallest absolute Gasteiger partial charge is 0.171 e. The molecule has 7 heavy (non-hydrogen) atoms. The lowest BCUT2D eigenvalue weighted by molar-refractivity contribution is 0.258. The maximum Gasteiger partial charge on any atom is 0.171 e. The summed E-state index contributed by atoms with van der Waals surface area (Å²) >= 11 is 3.21. The number of alkyl halides is 1. The normalized spacial score (nSPS) is 28.1. The van der Waals surface area contributed by atoms with Crippen molar-refractivity contribution in [3.05, 3.63) is 24.5 Å². The predicted molar refractivity (Wildman–Crippen MR) is 32.1 cm³/mol. The Morgan fingerprint density at radius 2 is 2.57 bits per heavy atom. The van der Waals surface area contributed by atoms with Gasteiger partial charge in [-0.15, -0.1) is 0 Å². The van der Waals surface area contributed by atoms with Gasteiger partial charge in [-0.25, -0.2) is 0 Å². The van der Waals surface area contributed by atoms with Gasteiger partial charge in [0.05, 0.1) is 0 Å². The van der Waals surface area contributed by atoms with Gasteiger partial charge in [0.25, 0.3) is 0 Å². The predicted octanol–water partition coefficient (Wildman–Crippen LogP) is 1.81. The van der Waals surface area contributed by atoms with E-state index in [-0.39, 0.29) is 5.01 Å². The van der Waals surface area contributed by atoms with Crippen LogP contribution < -0.4 is 0 Å². The van der Waals surface area contributed by atoms with Crippen LogP contribution in [0.2, 0.25) is 0 Å². The zero-order valence-corrected chi connectivity index (χ0v) is 5.31. The Kier molecular flexibility index (Phi) is 1.19. The molecular weight excluding hydrogens is 156 g/mol. The van der Waals surface area contributed by atoms with Crippen LogP contribution in [0.5, 0.6) is 0 Å². The Hall–Kier alpha value is -0.240. The summed E-state index contributed by atoms with van der Waals surface area (Å²) in [4.78, 5) is 0. The van der Waals surface area contributed by atoms with Gasteiger partial charge in [-0.1, -0.05) is 6.58 Å². The molecule has 0 aromatic heterocycles. The van der Waals surface area contributed by atoms with Gasteiger partial charge in [-0.2, -0.15) is 0 Å². The van der Waals surface area contributed by atoms with Crippen molar-refractivity contribution in [2.75, 3.05) is 0 Å². The monoisotopic (exact) mass is 160 g/mol. The van der Waals surface area contributed by atoms with Crippen molar-refractivity contribution in [3.63, 3.8) is 0 Å². The van der Waals surface area contributed by atoms with E-state index in [9.17, 15) is 0 Å². The Morgan fingerprint density at radius 3 is 2.71 bits per heavy atom. The molecule has 2 heteroatoms. The van der Waals surface area contributed by atoms with Crippen molar-refractivity contribution in [3.8, 4) is 0 Å². The highest BCUT2D eigenvalue weighted by atomic mass is 79.9. The molecule has 1 atom stereocenters. The summed E-state index contributed by atoms with van der Waals surface area (Å²) in [5.41, 5.74) is 0. The van der Waals surface area contributed by atoms with E-state index in [2.05, 4.69) is 22.5 Å². The minimum atomic E-state index is 0.0556. The van der Waals surface area contributed by atoms with Gasteiger partial charge in [0.1, 0.15) is 5.76 Å². The number of hydrogen-bond acceptors (Lipinski definition) is 1. The largest absolute Gasteiger partial charge is 0.476 e. The Balaban J connectivity index is 2.58. The highest BCUT2D eigenvalue weighted by Crippen LogP contribution is 2.16. The van der Waals surface area contributed by atoms with E-state index in [0.717, 1.165) is 5.76 Å². The fourth-order valence-corrected chi connectivity index (χ4v) is 0.799. The van der Waals surface area contributed by atoms with E-state index in [0.29, 0.717) is 0 Å². The van der Waals surface area contributed by atoms with Gasteiger partial charge in [0.15, 0.2) is 5.01 Å². The Morgan fingerprint density at radius 1 is 1.86 bits per heavy atom. The average Bonchev–Trinajstić information content (AvgIpc) is 1.87. The van der Waals surface area contributed by atoms with Crippen molar-refractivity contribution in [1.82, 2.24) is 0 Å². The summed E-state index contributed by atoms with van der Waals surface area (Å²) in [7, 11) is 0. The lowest BCUT2D eigenvalue weighted by Crippen LogP contribution is -1.88. The third-order valence-corrected chi connectivity index (χ3v) is 1.19. The molecule has 0 fully saturated rings. The quantitative estimate of drug-likeness (QED) is 0.492. The SMILES string of the molecule is C=C1C=CC(Br)O1. The zero-order chi connectivity index (χ0) is 5.28. The fourth-order valence-electron chi connectivity index (χ4n) is 0.406. The number of ether oxygens (including phenoxy) is 1. The van der Waals surface area contributed by atoms with E-state index in [1.54, 1.807) is 0 Å². The standard InChI is InChI=1S/C5H5BrO/c1-4-2-3-5(6)7-4/h2-3,5H,1H2. The molecule has 0 radical (unpaired) electrons. The first kappa shape index (κ1) is 4.91. The number of hydrogen-bond donors (Lipinski definition) is 0. The van der Waals surface area contributed by atoms with Gasteiger partial charge >= 0.3 is 0 Å². The number of halogens is 1. The summed E-state index contributed by atoms with van der Waals surface area (Å²) in [6, 6.07) is 0. The molecule has 1 heterocycles. The molecule has 1 rings (SSSR count). The molecule has 1 aliphatic heterocycles. The first-order valence-corrected chi connectivity index (χ1v) is 2.88. The van der Waals surface area contributed by atoms with E-state index in [4.69, 9.17) is 4.74 Å². The van der Waals surface area contributed by atoms with E-state index < -0.39 is 0 Å². The fraction of sp³-hybridized carbons (Fsp3) is 0.200. The average molecular weight is 161 g/mol. The van der Waals surface area contributed by atoms with Crippen molar-refractivity contribution in [1.29, 1.82) is 0 Å². The number of allylic oxidation sites excluding steroid dienone is 1. The van der Waals surface area contributed by atoms with Crippen molar-refractivity contribution in [2.24, 2.45) is 0 Å². The van der Waals surface area contributed by atoms with Crippen molar-refractivity contribution in [2.45, 2.75) is 5.01 Å². The maximum absolute atomic E-state index is 4.97. The minimum absolute atomic E-state index is 0.0556. The molecule has 1 unspecified atom stereocenters. The molecule has 38 valence electrons. The lowest BCUT2D eigenvalue weighted by Gasteiger charge is -1.97. The van der Waals surface area contributed by atoms with Crippen LogP contribution in [0.15, 0.2) is 24.5 Å². The molecule has 1 nitrogen and oxygen atoms in total. The van der Waals surface area contributed by atoms with Gasteiger partial charge < -0.3 is 4.74 Å². The number of rotatable bonds is 0. The van der Waals surface area contributed by atoms with Crippen LogP contribution in [-0.4, -0.2) is 5.01 Å². The highest BCUT2D eigenvalue weighted by molar-refractivity contribution is 9.09. The van der Waals surface area contributed by atoms with Gasteiger partial charge in [0.2, 0.25) is 0 Å². The first-order chi connectivity index (χ1) is 3.29. The minimum Gasteiger partial charge on any atom is -0.476 e. The van der Waals surface area contributed by atoms with E-state index >= 15 is 0 Å². The van der Waals surface area contributed by atoms with Crippen LogP contribution in [0.3, 0.4) is 0 Å². The molecular formula is C5H5BrO. The Labute approximate surface area is 50.8 Å². The van der Waals surface area contributed by atoms with Gasteiger partial charge in [-0.3, -0.25) is 0 Å². The molecule has 0 aromatic carbocycles. The molecule has 0 bridgehead atoms. The third kappa shape index (κ3) is 1.06. The summed E-state index contributed by atoms with van der Waals surface area (Å²) < 4.78 is 4.97. The lowest BCUT2D eigenvalue weighted by atomic mass is 10.5. The molecule has 1 aliphatic rings. The van der Waals surface area contributed by atoms with Crippen LogP contribution in [0.4, 0.5) is 0 Å². The summed E-state index contributed by atoms with van der Waals surface area (Å²) in [5, 5.41) is 0.0556. The highest BCUT2D eigenvalue weighted by Gasteiger charge is 2.05. The van der Waals surface area contributed by atoms with Gasteiger partial charge in [0, 0.05) is 0 Å². The second-order valence-corrected chi connectivity index (χ2v) is 2.20. The second-order valence-electron chi connectivity index (χ2n) is 1.29. The molecule has 0 aromatic rings. The molecule has 0 saturated carbocycles. The van der Waals surface area contributed by atoms with Crippen molar-refractivity contribution < 1.29 is 4.74 Å². The third-order valence-electron chi connectivity index (χ3n) is 0.697.